The number of hydrogen-bond donors (Lipinski definition) is 1. The maximum absolute atomic E-state index is 8.97. The van der Waals surface area contributed by atoms with Crippen molar-refractivity contribution < 1.29 is 5.11 Å². The van der Waals surface area contributed by atoms with E-state index in [0.717, 1.165) is 11.3 Å². The highest BCUT2D eigenvalue weighted by molar-refractivity contribution is 5.47. The van der Waals surface area contributed by atoms with Crippen LogP contribution in [0, 0.1) is 0 Å². The zero-order chi connectivity index (χ0) is 8.97. The van der Waals surface area contributed by atoms with Gasteiger partial charge in [0.25, 0.3) is 0 Å². The zero-order valence-electron chi connectivity index (χ0n) is 6.83. The van der Waals surface area contributed by atoms with Gasteiger partial charge in [0.2, 0.25) is 0 Å². The molecule has 0 fully saturated rings. The molecule has 0 aliphatic carbocycles. The van der Waals surface area contributed by atoms with Gasteiger partial charge in [-0.1, -0.05) is 19.2 Å². The number of allylic oxidation sites excluding steroid dienone is 1. The highest BCUT2D eigenvalue weighted by Crippen LogP contribution is 2.09. The average Bonchev–Trinajstić information content (AvgIpc) is 2.04. The quantitative estimate of drug-likeness (QED) is 0.690. The number of rotatable bonds is 3. The summed E-state index contributed by atoms with van der Waals surface area (Å²) in [6, 6.07) is 3.72. The smallest absolute Gasteiger partial charge is 0.0895 e. The number of aromatic nitrogens is 1. The van der Waals surface area contributed by atoms with Crippen LogP contribution in [0.1, 0.15) is 11.3 Å². The molecule has 0 aromatic carbocycles. The minimum Gasteiger partial charge on any atom is -0.513 e. The second-order valence-corrected chi connectivity index (χ2v) is 2.49. The molecular weight excluding hydrogens is 150 g/mol. The van der Waals surface area contributed by atoms with E-state index in [0.29, 0.717) is 6.42 Å². The Kier molecular flexibility index (Phi) is 2.64. The second kappa shape index (κ2) is 3.72. The van der Waals surface area contributed by atoms with Crippen LogP contribution < -0.4 is 0 Å². The first-order chi connectivity index (χ1) is 5.74. The first-order valence-corrected chi connectivity index (χ1v) is 3.67. The van der Waals surface area contributed by atoms with Crippen molar-refractivity contribution in [3.63, 3.8) is 0 Å². The largest absolute Gasteiger partial charge is 0.513 e. The lowest BCUT2D eigenvalue weighted by molar-refractivity contribution is 0.401. The third-order valence-electron chi connectivity index (χ3n) is 1.51. The molecule has 0 amide bonds. The number of nitrogens with zero attached hydrogens (tertiary/aromatic N) is 1. The summed E-state index contributed by atoms with van der Waals surface area (Å²) in [6.07, 6.45) is 3.80. The van der Waals surface area contributed by atoms with Crippen molar-refractivity contribution in [2.24, 2.45) is 0 Å². The highest BCUT2D eigenvalue weighted by atomic mass is 16.3. The lowest BCUT2D eigenvalue weighted by atomic mass is 10.1. The summed E-state index contributed by atoms with van der Waals surface area (Å²) in [5.41, 5.74) is 1.74. The fourth-order valence-electron chi connectivity index (χ4n) is 1.00. The van der Waals surface area contributed by atoms with E-state index < -0.39 is 0 Å². The van der Waals surface area contributed by atoms with E-state index in [9.17, 15) is 0 Å². The normalized spacial score (nSPS) is 9.33. The van der Waals surface area contributed by atoms with Crippen LogP contribution >= 0.6 is 0 Å². The van der Waals surface area contributed by atoms with Gasteiger partial charge in [0.15, 0.2) is 0 Å². The summed E-state index contributed by atoms with van der Waals surface area (Å²) in [5, 5.41) is 8.97. The highest BCUT2D eigenvalue weighted by Gasteiger charge is 1.99. The monoisotopic (exact) mass is 161 g/mol. The van der Waals surface area contributed by atoms with Crippen molar-refractivity contribution in [1.82, 2.24) is 4.98 Å². The van der Waals surface area contributed by atoms with E-state index in [4.69, 9.17) is 5.11 Å². The molecule has 1 N–H and O–H groups in total. The standard InChI is InChI=1S/C10H11NO/c1-3-10-9(7-8(2)12)5-4-6-11-10/h3-6,12H,1-2,7H2. The van der Waals surface area contributed by atoms with E-state index in [1.165, 1.54) is 0 Å². The Hall–Kier alpha value is -1.57. The van der Waals surface area contributed by atoms with Crippen LogP contribution in [0.15, 0.2) is 37.2 Å². The van der Waals surface area contributed by atoms with Crippen LogP contribution in [-0.2, 0) is 6.42 Å². The molecular formula is C10H11NO. The minimum atomic E-state index is 0.145. The summed E-state index contributed by atoms with van der Waals surface area (Å²) in [7, 11) is 0. The Morgan fingerprint density at radius 2 is 2.42 bits per heavy atom. The van der Waals surface area contributed by atoms with Crippen molar-refractivity contribution in [2.45, 2.75) is 6.42 Å². The third kappa shape index (κ3) is 1.95. The molecule has 0 radical (unpaired) electrons. The molecule has 12 heavy (non-hydrogen) atoms. The fourth-order valence-corrected chi connectivity index (χ4v) is 1.00. The number of hydrogen-bond acceptors (Lipinski definition) is 2. The summed E-state index contributed by atoms with van der Waals surface area (Å²) in [4.78, 5) is 4.08. The molecule has 0 aliphatic rings. The van der Waals surface area contributed by atoms with Crippen LogP contribution in [0.3, 0.4) is 0 Å². The summed E-state index contributed by atoms with van der Waals surface area (Å²) in [5.74, 6) is 0.145. The zero-order valence-corrected chi connectivity index (χ0v) is 6.83. The average molecular weight is 161 g/mol. The molecule has 0 saturated heterocycles. The van der Waals surface area contributed by atoms with Crippen LogP contribution in [0.25, 0.3) is 6.08 Å². The van der Waals surface area contributed by atoms with E-state index in [1.54, 1.807) is 12.3 Å². The molecule has 0 spiro atoms. The first kappa shape index (κ1) is 8.53. The molecule has 0 unspecified atom stereocenters. The van der Waals surface area contributed by atoms with Gasteiger partial charge in [0.1, 0.15) is 0 Å². The van der Waals surface area contributed by atoms with Gasteiger partial charge in [-0.15, -0.1) is 0 Å². The van der Waals surface area contributed by atoms with E-state index in [-0.39, 0.29) is 5.76 Å². The van der Waals surface area contributed by atoms with Gasteiger partial charge in [0, 0.05) is 12.6 Å². The molecule has 0 aliphatic heterocycles. The molecule has 2 nitrogen and oxygen atoms in total. The van der Waals surface area contributed by atoms with Gasteiger partial charge in [-0.25, -0.2) is 0 Å². The minimum absolute atomic E-state index is 0.145. The van der Waals surface area contributed by atoms with Gasteiger partial charge >= 0.3 is 0 Å². The van der Waals surface area contributed by atoms with Crippen molar-refractivity contribution in [2.75, 3.05) is 0 Å². The Morgan fingerprint density at radius 3 is 3.00 bits per heavy atom. The Labute approximate surface area is 71.9 Å². The SMILES string of the molecule is C=Cc1ncccc1CC(=C)O. The van der Waals surface area contributed by atoms with Gasteiger partial charge < -0.3 is 5.11 Å². The Morgan fingerprint density at radius 1 is 1.67 bits per heavy atom. The molecule has 1 heterocycles. The third-order valence-corrected chi connectivity index (χ3v) is 1.51. The maximum atomic E-state index is 8.97. The van der Waals surface area contributed by atoms with Gasteiger partial charge in [-0.2, -0.15) is 0 Å². The summed E-state index contributed by atoms with van der Waals surface area (Å²) >= 11 is 0. The molecule has 62 valence electrons. The van der Waals surface area contributed by atoms with Crippen molar-refractivity contribution in [1.29, 1.82) is 0 Å². The lowest BCUT2D eigenvalue weighted by Gasteiger charge is -2.02. The van der Waals surface area contributed by atoms with E-state index >= 15 is 0 Å². The molecule has 0 bridgehead atoms. The number of aliphatic hydroxyl groups is 1. The van der Waals surface area contributed by atoms with Crippen molar-refractivity contribution >= 4 is 6.08 Å². The number of pyridine rings is 1. The summed E-state index contributed by atoms with van der Waals surface area (Å²) < 4.78 is 0. The number of aliphatic hydroxyl groups excluding tert-OH is 1. The molecule has 1 aromatic heterocycles. The van der Waals surface area contributed by atoms with Crippen LogP contribution in [0.5, 0.6) is 0 Å². The molecule has 1 rings (SSSR count). The Balaban J connectivity index is 2.96. The maximum Gasteiger partial charge on any atom is 0.0895 e. The Bertz CT molecular complexity index is 304. The van der Waals surface area contributed by atoms with E-state index in [2.05, 4.69) is 18.1 Å². The molecule has 0 saturated carbocycles. The van der Waals surface area contributed by atoms with Gasteiger partial charge in [-0.05, 0) is 17.7 Å². The van der Waals surface area contributed by atoms with Crippen LogP contribution in [-0.4, -0.2) is 10.1 Å². The lowest BCUT2D eigenvalue weighted by Crippen LogP contribution is -1.93. The predicted molar refractivity (Wildman–Crippen MR) is 49.8 cm³/mol. The van der Waals surface area contributed by atoms with Gasteiger partial charge in [-0.3, -0.25) is 4.98 Å². The van der Waals surface area contributed by atoms with Crippen LogP contribution in [0.2, 0.25) is 0 Å². The molecule has 1 aromatic rings. The summed E-state index contributed by atoms with van der Waals surface area (Å²) in [6.45, 7) is 7.04. The van der Waals surface area contributed by atoms with Crippen LogP contribution in [0.4, 0.5) is 0 Å². The predicted octanol–water partition coefficient (Wildman–Crippen LogP) is 2.34. The molecule has 0 atom stereocenters. The van der Waals surface area contributed by atoms with Gasteiger partial charge in [0.05, 0.1) is 11.5 Å². The fraction of sp³-hybridized carbons (Fsp3) is 0.100. The van der Waals surface area contributed by atoms with Crippen molar-refractivity contribution in [3.8, 4) is 0 Å². The first-order valence-electron chi connectivity index (χ1n) is 3.67. The van der Waals surface area contributed by atoms with Crippen molar-refractivity contribution in [3.05, 3.63) is 48.5 Å². The second-order valence-electron chi connectivity index (χ2n) is 2.49. The topological polar surface area (TPSA) is 33.1 Å². The van der Waals surface area contributed by atoms with E-state index in [1.807, 2.05) is 12.1 Å². The molecule has 2 heteroatoms.